The zero-order valence-electron chi connectivity index (χ0n) is 15.4. The van der Waals surface area contributed by atoms with Gasteiger partial charge in [0.25, 0.3) is 5.91 Å². The second-order valence-electron chi connectivity index (χ2n) is 7.02. The van der Waals surface area contributed by atoms with Crippen molar-refractivity contribution in [2.75, 3.05) is 11.1 Å². The van der Waals surface area contributed by atoms with Gasteiger partial charge in [0, 0.05) is 25.0 Å². The number of anilines is 1. The van der Waals surface area contributed by atoms with Gasteiger partial charge in [-0.1, -0.05) is 25.4 Å². The van der Waals surface area contributed by atoms with Gasteiger partial charge in [0.05, 0.1) is 21.1 Å². The van der Waals surface area contributed by atoms with Crippen molar-refractivity contribution in [1.29, 1.82) is 0 Å². The van der Waals surface area contributed by atoms with Crippen LogP contribution in [0.1, 0.15) is 24.3 Å². The largest absolute Gasteiger partial charge is 0.394 e. The molecule has 0 saturated carbocycles. The molecule has 160 valence electrons. The van der Waals surface area contributed by atoms with Crippen LogP contribution in [0.4, 0.5) is 27.6 Å². The third-order valence-electron chi connectivity index (χ3n) is 4.13. The third kappa shape index (κ3) is 4.89. The number of sulfone groups is 1. The first-order chi connectivity index (χ1) is 13.0. The van der Waals surface area contributed by atoms with Crippen molar-refractivity contribution in [3.05, 3.63) is 46.7 Å². The monoisotopic (exact) mass is 458 g/mol. The first-order valence-corrected chi connectivity index (χ1v) is 10.00. The van der Waals surface area contributed by atoms with Gasteiger partial charge in [0.15, 0.2) is 21.5 Å². The van der Waals surface area contributed by atoms with Crippen LogP contribution in [0.15, 0.2) is 29.3 Å². The summed E-state index contributed by atoms with van der Waals surface area (Å²) in [7, 11) is -3.07. The number of carbonyl (C=O) groups is 1. The van der Waals surface area contributed by atoms with Gasteiger partial charge in [-0.15, -0.1) is 0 Å². The van der Waals surface area contributed by atoms with E-state index in [1.807, 2.05) is 0 Å². The van der Waals surface area contributed by atoms with Crippen LogP contribution in [-0.2, 0) is 16.9 Å². The van der Waals surface area contributed by atoms with Crippen LogP contribution >= 0.6 is 11.6 Å². The van der Waals surface area contributed by atoms with Gasteiger partial charge in [-0.3, -0.25) is 4.79 Å². The normalized spacial score (nSPS) is 12.9. The van der Waals surface area contributed by atoms with Gasteiger partial charge in [-0.2, -0.15) is 13.2 Å². The summed E-state index contributed by atoms with van der Waals surface area (Å²) in [5, 5.41) is 1.64. The van der Waals surface area contributed by atoms with E-state index in [9.17, 15) is 35.2 Å². The molecule has 0 aliphatic carbocycles. The number of benzene rings is 1. The summed E-state index contributed by atoms with van der Waals surface area (Å²) in [5.41, 5.74) is -2.93. The SMILES string of the molecule is Cn1cc(S(=O)(=O)CC(C)(C)C(F)(F)F)cc1C(=O)Nc1cc(F)c(F)c(Cl)c1. The topological polar surface area (TPSA) is 68.2 Å². The highest BCUT2D eigenvalue weighted by atomic mass is 35.5. The molecule has 29 heavy (non-hydrogen) atoms. The number of carbonyl (C=O) groups excluding carboxylic acids is 1. The molecular formula is C17H16ClF5N2O3S. The Morgan fingerprint density at radius 2 is 1.76 bits per heavy atom. The maximum atomic E-state index is 13.4. The highest BCUT2D eigenvalue weighted by Gasteiger charge is 2.50. The molecule has 1 aromatic heterocycles. The minimum atomic E-state index is -4.75. The third-order valence-corrected chi connectivity index (χ3v) is 6.45. The zero-order chi connectivity index (χ0) is 22.4. The molecule has 0 spiro atoms. The number of rotatable bonds is 5. The first kappa shape index (κ1) is 23.1. The molecule has 12 heteroatoms. The number of amides is 1. The molecule has 1 aromatic carbocycles. The average molecular weight is 459 g/mol. The fourth-order valence-corrected chi connectivity index (χ4v) is 4.49. The molecule has 0 aliphatic heterocycles. The molecular weight excluding hydrogens is 443 g/mol. The predicted octanol–water partition coefficient (Wildman–Crippen LogP) is 4.57. The fraction of sp³-hybridized carbons (Fsp3) is 0.353. The van der Waals surface area contributed by atoms with Gasteiger partial charge in [0.1, 0.15) is 5.69 Å². The number of hydrogen-bond acceptors (Lipinski definition) is 3. The summed E-state index contributed by atoms with van der Waals surface area (Å²) in [6, 6.07) is 2.52. The molecule has 0 aliphatic rings. The number of nitrogens with one attached hydrogen (secondary N) is 1. The van der Waals surface area contributed by atoms with Crippen molar-refractivity contribution < 1.29 is 35.2 Å². The first-order valence-electron chi connectivity index (χ1n) is 7.97. The Morgan fingerprint density at radius 3 is 2.28 bits per heavy atom. The van der Waals surface area contributed by atoms with Crippen molar-refractivity contribution in [2.24, 2.45) is 12.5 Å². The minimum absolute atomic E-state index is 0.192. The van der Waals surface area contributed by atoms with Crippen molar-refractivity contribution in [2.45, 2.75) is 24.9 Å². The molecule has 1 N–H and O–H groups in total. The molecule has 1 amide bonds. The maximum Gasteiger partial charge on any atom is 0.394 e. The van der Waals surface area contributed by atoms with Crippen LogP contribution in [0.2, 0.25) is 5.02 Å². The Bertz CT molecular complexity index is 1040. The summed E-state index contributed by atoms with van der Waals surface area (Å²) in [5.74, 6) is -4.72. The van der Waals surface area contributed by atoms with E-state index in [1.54, 1.807) is 0 Å². The molecule has 0 unspecified atom stereocenters. The Labute approximate surface area is 168 Å². The zero-order valence-corrected chi connectivity index (χ0v) is 16.9. The molecule has 5 nitrogen and oxygen atoms in total. The number of hydrogen-bond donors (Lipinski definition) is 1. The lowest BCUT2D eigenvalue weighted by Crippen LogP contribution is -2.38. The van der Waals surface area contributed by atoms with Gasteiger partial charge >= 0.3 is 6.18 Å². The Kier molecular flexibility index (Phi) is 6.06. The van der Waals surface area contributed by atoms with Crippen molar-refractivity contribution >= 4 is 33.0 Å². The van der Waals surface area contributed by atoms with Crippen LogP contribution in [0.3, 0.4) is 0 Å². The second kappa shape index (κ2) is 7.60. The highest BCUT2D eigenvalue weighted by Crippen LogP contribution is 2.39. The van der Waals surface area contributed by atoms with E-state index in [-0.39, 0.29) is 11.4 Å². The lowest BCUT2D eigenvalue weighted by atomic mass is 9.96. The number of aromatic nitrogens is 1. The minimum Gasteiger partial charge on any atom is -0.345 e. The van der Waals surface area contributed by atoms with E-state index in [1.165, 1.54) is 7.05 Å². The molecule has 2 rings (SSSR count). The second-order valence-corrected chi connectivity index (χ2v) is 9.42. The summed E-state index contributed by atoms with van der Waals surface area (Å²) < 4.78 is 91.6. The summed E-state index contributed by atoms with van der Waals surface area (Å²) in [6.07, 6.45) is -3.75. The van der Waals surface area contributed by atoms with E-state index >= 15 is 0 Å². The standard InChI is InChI=1S/C17H16ClF5N2O3S/c1-16(2,17(21,22)23)8-29(27,28)10-6-13(25(3)7-10)15(26)24-9-4-11(18)14(20)12(19)5-9/h4-7H,8H2,1-3H3,(H,24,26). The van der Waals surface area contributed by atoms with Crippen LogP contribution in [0.25, 0.3) is 0 Å². The Morgan fingerprint density at radius 1 is 1.17 bits per heavy atom. The van der Waals surface area contributed by atoms with Crippen LogP contribution in [0.5, 0.6) is 0 Å². The van der Waals surface area contributed by atoms with Gasteiger partial charge in [-0.05, 0) is 12.1 Å². The van der Waals surface area contributed by atoms with E-state index in [0.717, 1.165) is 36.7 Å². The van der Waals surface area contributed by atoms with Gasteiger partial charge in [-0.25, -0.2) is 17.2 Å². The summed E-state index contributed by atoms with van der Waals surface area (Å²) in [6.45, 7) is 1.52. The average Bonchev–Trinajstić information content (AvgIpc) is 2.93. The highest BCUT2D eigenvalue weighted by molar-refractivity contribution is 7.91. The van der Waals surface area contributed by atoms with Gasteiger partial charge < -0.3 is 9.88 Å². The van der Waals surface area contributed by atoms with Crippen molar-refractivity contribution in [1.82, 2.24) is 4.57 Å². The number of aryl methyl sites for hydroxylation is 1. The maximum absolute atomic E-state index is 13.4. The van der Waals surface area contributed by atoms with E-state index in [0.29, 0.717) is 6.07 Å². The molecule has 0 fully saturated rings. The quantitative estimate of drug-likeness (QED) is 0.527. The number of alkyl halides is 3. The fourth-order valence-electron chi connectivity index (χ4n) is 2.39. The van der Waals surface area contributed by atoms with Crippen LogP contribution in [0, 0.1) is 17.0 Å². The lowest BCUT2D eigenvalue weighted by molar-refractivity contribution is -0.203. The molecule has 0 radical (unpaired) electrons. The lowest BCUT2D eigenvalue weighted by Gasteiger charge is -2.26. The van der Waals surface area contributed by atoms with E-state index in [4.69, 9.17) is 11.6 Å². The van der Waals surface area contributed by atoms with Crippen molar-refractivity contribution in [3.63, 3.8) is 0 Å². The molecule has 1 heterocycles. The van der Waals surface area contributed by atoms with E-state index < -0.39 is 54.6 Å². The molecule has 0 saturated heterocycles. The predicted molar refractivity (Wildman–Crippen MR) is 96.6 cm³/mol. The molecule has 2 aromatic rings. The number of nitrogens with zero attached hydrogens (tertiary/aromatic N) is 1. The Balaban J connectivity index is 2.31. The summed E-state index contributed by atoms with van der Waals surface area (Å²) in [4.78, 5) is 11.9. The van der Waals surface area contributed by atoms with Gasteiger partial charge in [0.2, 0.25) is 0 Å². The molecule has 0 atom stereocenters. The van der Waals surface area contributed by atoms with E-state index in [2.05, 4.69) is 5.32 Å². The smallest absolute Gasteiger partial charge is 0.345 e. The number of halogens is 6. The van der Waals surface area contributed by atoms with Crippen LogP contribution < -0.4 is 5.32 Å². The Hall–Kier alpha value is -2.14. The van der Waals surface area contributed by atoms with Crippen molar-refractivity contribution in [3.8, 4) is 0 Å². The summed E-state index contributed by atoms with van der Waals surface area (Å²) >= 11 is 5.50. The molecule has 0 bridgehead atoms. The van der Waals surface area contributed by atoms with Crippen LogP contribution in [-0.4, -0.2) is 30.8 Å².